The molecular formula is C19H19N3O3. The van der Waals surface area contributed by atoms with E-state index < -0.39 is 0 Å². The van der Waals surface area contributed by atoms with E-state index in [1.807, 2.05) is 23.2 Å². The molecule has 1 aliphatic heterocycles. The van der Waals surface area contributed by atoms with Crippen LogP contribution in [0.4, 0.5) is 0 Å². The number of amides is 1. The molecule has 2 aromatic heterocycles. The number of aromatic hydroxyl groups is 1. The third-order valence-corrected chi connectivity index (χ3v) is 4.50. The van der Waals surface area contributed by atoms with Gasteiger partial charge in [0.1, 0.15) is 11.4 Å². The fourth-order valence-corrected chi connectivity index (χ4v) is 3.13. The van der Waals surface area contributed by atoms with Crippen LogP contribution in [0.2, 0.25) is 0 Å². The van der Waals surface area contributed by atoms with E-state index >= 15 is 0 Å². The molecule has 3 heterocycles. The van der Waals surface area contributed by atoms with Gasteiger partial charge in [0.15, 0.2) is 0 Å². The van der Waals surface area contributed by atoms with Crippen LogP contribution in [0.15, 0.2) is 42.7 Å². The van der Waals surface area contributed by atoms with Crippen LogP contribution in [0.25, 0.3) is 22.2 Å². The lowest BCUT2D eigenvalue weighted by molar-refractivity contribution is -0.134. The molecular weight excluding hydrogens is 318 g/mol. The van der Waals surface area contributed by atoms with Gasteiger partial charge in [0.05, 0.1) is 19.6 Å². The zero-order valence-corrected chi connectivity index (χ0v) is 13.7. The van der Waals surface area contributed by atoms with Crippen LogP contribution in [-0.4, -0.2) is 52.2 Å². The van der Waals surface area contributed by atoms with Gasteiger partial charge in [-0.1, -0.05) is 12.1 Å². The third-order valence-electron chi connectivity index (χ3n) is 4.50. The van der Waals surface area contributed by atoms with Crippen molar-refractivity contribution in [2.24, 2.45) is 0 Å². The molecule has 0 spiro atoms. The van der Waals surface area contributed by atoms with Gasteiger partial charge in [-0.05, 0) is 29.3 Å². The van der Waals surface area contributed by atoms with Gasteiger partial charge in [-0.2, -0.15) is 0 Å². The minimum absolute atomic E-state index is 0.104. The molecule has 6 heteroatoms. The highest BCUT2D eigenvalue weighted by Gasteiger charge is 2.19. The molecule has 3 aromatic rings. The summed E-state index contributed by atoms with van der Waals surface area (Å²) in [7, 11) is 0. The number of hydrogen-bond donors (Lipinski definition) is 2. The number of ether oxygens (including phenoxy) is 1. The van der Waals surface area contributed by atoms with Gasteiger partial charge >= 0.3 is 0 Å². The first kappa shape index (κ1) is 15.7. The Labute approximate surface area is 145 Å². The van der Waals surface area contributed by atoms with Gasteiger partial charge in [-0.3, -0.25) is 4.79 Å². The summed E-state index contributed by atoms with van der Waals surface area (Å²) in [6, 6.07) is 9.07. The molecule has 0 unspecified atom stereocenters. The number of nitrogens with one attached hydrogen (secondary N) is 1. The van der Waals surface area contributed by atoms with Gasteiger partial charge < -0.3 is 19.7 Å². The molecule has 1 amide bonds. The third kappa shape index (κ3) is 3.21. The first-order chi connectivity index (χ1) is 12.2. The van der Waals surface area contributed by atoms with E-state index in [0.29, 0.717) is 32.7 Å². The van der Waals surface area contributed by atoms with Crippen LogP contribution >= 0.6 is 0 Å². The summed E-state index contributed by atoms with van der Waals surface area (Å²) in [6.45, 7) is 2.49. The van der Waals surface area contributed by atoms with Crippen LogP contribution in [0.3, 0.4) is 0 Å². The molecule has 1 saturated heterocycles. The van der Waals surface area contributed by atoms with Gasteiger partial charge in [0, 0.05) is 36.4 Å². The molecule has 25 heavy (non-hydrogen) atoms. The van der Waals surface area contributed by atoms with Crippen molar-refractivity contribution in [1.82, 2.24) is 14.9 Å². The first-order valence-corrected chi connectivity index (χ1v) is 8.31. The SMILES string of the molecule is O=C(Cc1c[nH]c2ncc(-c3cccc(O)c3)cc12)N1CCOCC1. The molecule has 4 rings (SSSR count). The number of H-pyrrole nitrogens is 1. The highest BCUT2D eigenvalue weighted by atomic mass is 16.5. The lowest BCUT2D eigenvalue weighted by Gasteiger charge is -2.26. The van der Waals surface area contributed by atoms with Crippen molar-refractivity contribution < 1.29 is 14.6 Å². The highest BCUT2D eigenvalue weighted by Crippen LogP contribution is 2.27. The average molecular weight is 337 g/mol. The highest BCUT2D eigenvalue weighted by molar-refractivity contribution is 5.89. The van der Waals surface area contributed by atoms with Crippen molar-refractivity contribution in [1.29, 1.82) is 0 Å². The number of phenols is 1. The number of carbonyl (C=O) groups excluding carboxylic acids is 1. The summed E-state index contributed by atoms with van der Waals surface area (Å²) in [4.78, 5) is 21.9. The number of rotatable bonds is 3. The molecule has 0 atom stereocenters. The van der Waals surface area contributed by atoms with E-state index in [0.717, 1.165) is 27.7 Å². The van der Waals surface area contributed by atoms with Gasteiger partial charge in [-0.25, -0.2) is 4.98 Å². The Bertz CT molecular complexity index is 913. The molecule has 0 aliphatic carbocycles. The van der Waals surface area contributed by atoms with E-state index in [9.17, 15) is 9.90 Å². The Kier molecular flexibility index (Phi) is 4.11. The van der Waals surface area contributed by atoms with E-state index in [-0.39, 0.29) is 11.7 Å². The number of morpholine rings is 1. The number of carbonyl (C=O) groups is 1. The van der Waals surface area contributed by atoms with Crippen LogP contribution in [0.1, 0.15) is 5.56 Å². The number of benzene rings is 1. The van der Waals surface area contributed by atoms with Crippen LogP contribution in [0.5, 0.6) is 5.75 Å². The van der Waals surface area contributed by atoms with Gasteiger partial charge in [-0.15, -0.1) is 0 Å². The largest absolute Gasteiger partial charge is 0.508 e. The second-order valence-electron chi connectivity index (χ2n) is 6.15. The van der Waals surface area contributed by atoms with Gasteiger partial charge in [0.25, 0.3) is 0 Å². The summed E-state index contributed by atoms with van der Waals surface area (Å²) < 4.78 is 5.30. The second-order valence-corrected chi connectivity index (χ2v) is 6.15. The zero-order chi connectivity index (χ0) is 17.2. The van der Waals surface area contributed by atoms with Crippen LogP contribution in [-0.2, 0) is 16.0 Å². The first-order valence-electron chi connectivity index (χ1n) is 8.31. The lowest BCUT2D eigenvalue weighted by Crippen LogP contribution is -2.41. The van der Waals surface area contributed by atoms with E-state index in [1.165, 1.54) is 0 Å². The summed E-state index contributed by atoms with van der Waals surface area (Å²) in [6.07, 6.45) is 3.95. The summed E-state index contributed by atoms with van der Waals surface area (Å²) >= 11 is 0. The van der Waals surface area contributed by atoms with Crippen molar-refractivity contribution >= 4 is 16.9 Å². The lowest BCUT2D eigenvalue weighted by atomic mass is 10.0. The van der Waals surface area contributed by atoms with E-state index in [4.69, 9.17) is 4.74 Å². The van der Waals surface area contributed by atoms with Crippen molar-refractivity contribution in [3.8, 4) is 16.9 Å². The normalized spacial score (nSPS) is 14.8. The summed E-state index contributed by atoms with van der Waals surface area (Å²) in [5.41, 5.74) is 3.49. The molecule has 6 nitrogen and oxygen atoms in total. The number of phenolic OH excluding ortho intramolecular Hbond substituents is 1. The number of hydrogen-bond acceptors (Lipinski definition) is 4. The Hall–Kier alpha value is -2.86. The average Bonchev–Trinajstić information content (AvgIpc) is 3.04. The number of nitrogens with zero attached hydrogens (tertiary/aromatic N) is 2. The fourth-order valence-electron chi connectivity index (χ4n) is 3.13. The molecule has 1 fully saturated rings. The van der Waals surface area contributed by atoms with Crippen LogP contribution < -0.4 is 0 Å². The topological polar surface area (TPSA) is 78.5 Å². The van der Waals surface area contributed by atoms with Crippen molar-refractivity contribution in [3.05, 3.63) is 48.3 Å². The minimum atomic E-state index is 0.104. The predicted octanol–water partition coefficient (Wildman–Crippen LogP) is 2.34. The molecule has 128 valence electrons. The fraction of sp³-hybridized carbons (Fsp3) is 0.263. The number of pyridine rings is 1. The molecule has 0 bridgehead atoms. The minimum Gasteiger partial charge on any atom is -0.508 e. The van der Waals surface area contributed by atoms with Gasteiger partial charge in [0.2, 0.25) is 5.91 Å². The van der Waals surface area contributed by atoms with Crippen LogP contribution in [0, 0.1) is 0 Å². The number of aromatic amines is 1. The maximum atomic E-state index is 12.5. The van der Waals surface area contributed by atoms with Crippen molar-refractivity contribution in [3.63, 3.8) is 0 Å². The zero-order valence-electron chi connectivity index (χ0n) is 13.7. The van der Waals surface area contributed by atoms with E-state index in [1.54, 1.807) is 24.4 Å². The summed E-state index contributed by atoms with van der Waals surface area (Å²) in [5.74, 6) is 0.321. The number of fused-ring (bicyclic) bond motifs is 1. The van der Waals surface area contributed by atoms with E-state index in [2.05, 4.69) is 9.97 Å². The van der Waals surface area contributed by atoms with Crippen molar-refractivity contribution in [2.45, 2.75) is 6.42 Å². The number of aromatic nitrogens is 2. The quantitative estimate of drug-likeness (QED) is 0.769. The molecule has 0 radical (unpaired) electrons. The predicted molar refractivity (Wildman–Crippen MR) is 94.3 cm³/mol. The Balaban J connectivity index is 1.63. The molecule has 1 aromatic carbocycles. The second kappa shape index (κ2) is 6.57. The smallest absolute Gasteiger partial charge is 0.227 e. The Morgan fingerprint density at radius 3 is 2.88 bits per heavy atom. The molecule has 2 N–H and O–H groups in total. The Morgan fingerprint density at radius 2 is 2.08 bits per heavy atom. The maximum absolute atomic E-state index is 12.5. The standard InChI is InChI=1S/C19H19N3O3/c23-16-3-1-2-13(8-16)14-9-17-15(12-21-19(17)20-11-14)10-18(24)22-4-6-25-7-5-22/h1-3,8-9,11-12,23H,4-7,10H2,(H,20,21). The summed E-state index contributed by atoms with van der Waals surface area (Å²) in [5, 5.41) is 10.6. The monoisotopic (exact) mass is 337 g/mol. The molecule has 0 saturated carbocycles. The maximum Gasteiger partial charge on any atom is 0.227 e. The molecule has 1 aliphatic rings. The Morgan fingerprint density at radius 1 is 1.24 bits per heavy atom. The van der Waals surface area contributed by atoms with Crippen molar-refractivity contribution in [2.75, 3.05) is 26.3 Å².